The Morgan fingerprint density at radius 2 is 1.65 bits per heavy atom. The Morgan fingerprint density at radius 1 is 0.975 bits per heavy atom. The number of aryl methyl sites for hydroxylation is 2. The summed E-state index contributed by atoms with van der Waals surface area (Å²) >= 11 is 0. The van der Waals surface area contributed by atoms with E-state index in [9.17, 15) is 22.4 Å². The molecule has 1 atom stereocenters. The van der Waals surface area contributed by atoms with E-state index in [0.717, 1.165) is 22.9 Å². The first-order valence-corrected chi connectivity index (χ1v) is 15.3. The normalized spacial score (nSPS) is 12.0. The van der Waals surface area contributed by atoms with Crippen molar-refractivity contribution in [1.29, 1.82) is 0 Å². The number of benzene rings is 3. The lowest BCUT2D eigenvalue weighted by molar-refractivity contribution is -0.141. The summed E-state index contributed by atoms with van der Waals surface area (Å²) in [5.41, 5.74) is 3.46. The van der Waals surface area contributed by atoms with Crippen LogP contribution in [0.4, 0.5) is 10.1 Å². The number of sulfonamides is 1. The first-order valence-electron chi connectivity index (χ1n) is 13.4. The lowest BCUT2D eigenvalue weighted by atomic mass is 10.0. The number of amides is 2. The maximum Gasteiger partial charge on any atom is 0.243 e. The standard InChI is InChI=1S/C31H38FN3O4S/c1-5-33-31(37)29(21-25-12-7-6-8-13-25)34(22-26-14-9-10-15-27(26)32)30(36)16-11-19-35(40(4,38)39)28-20-23(2)17-18-24(28)3/h6-10,12-15,17-18,20,29H,5,11,16,19,21-22H2,1-4H3,(H,33,37)/t29-/m0/s1. The molecule has 0 unspecified atom stereocenters. The molecule has 0 heterocycles. The van der Waals surface area contributed by atoms with E-state index in [0.29, 0.717) is 17.8 Å². The van der Waals surface area contributed by atoms with Crippen LogP contribution in [0.5, 0.6) is 0 Å². The summed E-state index contributed by atoms with van der Waals surface area (Å²) in [4.78, 5) is 28.4. The molecule has 3 aromatic rings. The number of carbonyl (C=O) groups is 2. The average Bonchev–Trinajstić information content (AvgIpc) is 2.91. The zero-order chi connectivity index (χ0) is 29.3. The van der Waals surface area contributed by atoms with Gasteiger partial charge in [-0.05, 0) is 56.0 Å². The number of hydrogen-bond acceptors (Lipinski definition) is 4. The fraction of sp³-hybridized carbons (Fsp3) is 0.355. The summed E-state index contributed by atoms with van der Waals surface area (Å²) in [7, 11) is -3.61. The summed E-state index contributed by atoms with van der Waals surface area (Å²) in [6.45, 7) is 5.91. The highest BCUT2D eigenvalue weighted by Gasteiger charge is 2.31. The van der Waals surface area contributed by atoms with E-state index < -0.39 is 21.9 Å². The minimum Gasteiger partial charge on any atom is -0.355 e. The molecule has 0 fully saturated rings. The summed E-state index contributed by atoms with van der Waals surface area (Å²) in [6, 6.07) is 20.3. The largest absolute Gasteiger partial charge is 0.355 e. The number of likely N-dealkylation sites (N-methyl/N-ethyl adjacent to an activating group) is 1. The van der Waals surface area contributed by atoms with E-state index in [1.54, 1.807) is 25.1 Å². The molecule has 214 valence electrons. The van der Waals surface area contributed by atoms with E-state index >= 15 is 0 Å². The van der Waals surface area contributed by atoms with Crippen molar-refractivity contribution in [2.24, 2.45) is 0 Å². The molecule has 3 rings (SSSR count). The zero-order valence-corrected chi connectivity index (χ0v) is 24.4. The van der Waals surface area contributed by atoms with Crippen molar-refractivity contribution in [3.63, 3.8) is 0 Å². The van der Waals surface area contributed by atoms with Crippen molar-refractivity contribution in [3.05, 3.63) is 101 Å². The van der Waals surface area contributed by atoms with Crippen LogP contribution in [0.2, 0.25) is 0 Å². The second-order valence-corrected chi connectivity index (χ2v) is 11.8. The monoisotopic (exact) mass is 567 g/mol. The highest BCUT2D eigenvalue weighted by Crippen LogP contribution is 2.25. The number of carbonyl (C=O) groups excluding carboxylic acids is 2. The molecular formula is C31H38FN3O4S. The number of nitrogens with one attached hydrogen (secondary N) is 1. The second-order valence-electron chi connectivity index (χ2n) is 9.94. The van der Waals surface area contributed by atoms with Gasteiger partial charge in [-0.15, -0.1) is 0 Å². The van der Waals surface area contributed by atoms with Crippen molar-refractivity contribution in [1.82, 2.24) is 10.2 Å². The van der Waals surface area contributed by atoms with Crippen LogP contribution in [-0.4, -0.2) is 50.5 Å². The molecule has 0 saturated carbocycles. The van der Waals surface area contributed by atoms with Crippen LogP contribution in [0.1, 0.15) is 42.0 Å². The van der Waals surface area contributed by atoms with Crippen LogP contribution >= 0.6 is 0 Å². The summed E-state index contributed by atoms with van der Waals surface area (Å²) < 4.78 is 41.4. The van der Waals surface area contributed by atoms with E-state index in [1.807, 2.05) is 62.4 Å². The Labute approximate surface area is 237 Å². The molecule has 9 heteroatoms. The van der Waals surface area contributed by atoms with Gasteiger partial charge >= 0.3 is 0 Å². The predicted molar refractivity (Wildman–Crippen MR) is 157 cm³/mol. The molecule has 0 aliphatic heterocycles. The molecule has 0 saturated heterocycles. The molecule has 0 aliphatic rings. The summed E-state index contributed by atoms with van der Waals surface area (Å²) in [5.74, 6) is -1.15. The minimum atomic E-state index is -3.61. The SMILES string of the molecule is CCNC(=O)[C@H](Cc1ccccc1)N(Cc1ccccc1F)C(=O)CCCN(c1cc(C)ccc1C)S(C)(=O)=O. The van der Waals surface area contributed by atoms with Gasteiger partial charge in [0.25, 0.3) is 0 Å². The van der Waals surface area contributed by atoms with Crippen molar-refractivity contribution in [2.75, 3.05) is 23.7 Å². The van der Waals surface area contributed by atoms with E-state index in [2.05, 4.69) is 5.32 Å². The molecule has 0 aromatic heterocycles. The molecule has 2 amide bonds. The Bertz CT molecular complexity index is 1410. The quantitative estimate of drug-likeness (QED) is 0.323. The van der Waals surface area contributed by atoms with Crippen molar-refractivity contribution < 1.29 is 22.4 Å². The summed E-state index contributed by atoms with van der Waals surface area (Å²) in [5, 5.41) is 2.81. The number of halogens is 1. The maximum atomic E-state index is 14.7. The molecule has 40 heavy (non-hydrogen) atoms. The van der Waals surface area contributed by atoms with Crippen molar-refractivity contribution in [3.8, 4) is 0 Å². The smallest absolute Gasteiger partial charge is 0.243 e. The van der Waals surface area contributed by atoms with Crippen molar-refractivity contribution >= 4 is 27.5 Å². The van der Waals surface area contributed by atoms with Gasteiger partial charge in [0.05, 0.1) is 11.9 Å². The maximum absolute atomic E-state index is 14.7. The predicted octanol–water partition coefficient (Wildman–Crippen LogP) is 4.76. The second kappa shape index (κ2) is 14.1. The molecule has 0 aliphatic carbocycles. The van der Waals surface area contributed by atoms with Gasteiger partial charge in [-0.3, -0.25) is 13.9 Å². The fourth-order valence-corrected chi connectivity index (χ4v) is 5.64. The lowest BCUT2D eigenvalue weighted by Gasteiger charge is -2.32. The van der Waals surface area contributed by atoms with Crippen LogP contribution in [-0.2, 0) is 32.6 Å². The van der Waals surface area contributed by atoms with Gasteiger partial charge in [0.15, 0.2) is 0 Å². The van der Waals surface area contributed by atoms with E-state index in [1.165, 1.54) is 15.3 Å². The Morgan fingerprint density at radius 3 is 2.30 bits per heavy atom. The first kappa shape index (κ1) is 30.8. The Balaban J connectivity index is 1.89. The molecule has 0 radical (unpaired) electrons. The number of nitrogens with zero attached hydrogens (tertiary/aromatic N) is 2. The third-order valence-corrected chi connectivity index (χ3v) is 7.89. The van der Waals surface area contributed by atoms with Crippen LogP contribution in [0.25, 0.3) is 0 Å². The number of rotatable bonds is 13. The Hall–Kier alpha value is -3.72. The number of hydrogen-bond donors (Lipinski definition) is 1. The van der Waals surface area contributed by atoms with Crippen LogP contribution < -0.4 is 9.62 Å². The molecule has 7 nitrogen and oxygen atoms in total. The number of anilines is 1. The van der Waals surface area contributed by atoms with Gasteiger partial charge in [0.1, 0.15) is 11.9 Å². The van der Waals surface area contributed by atoms with Gasteiger partial charge in [0.2, 0.25) is 21.8 Å². The highest BCUT2D eigenvalue weighted by molar-refractivity contribution is 7.92. The van der Waals surface area contributed by atoms with E-state index in [-0.39, 0.29) is 44.2 Å². The van der Waals surface area contributed by atoms with Crippen LogP contribution in [0, 0.1) is 19.7 Å². The molecule has 0 spiro atoms. The van der Waals surface area contributed by atoms with Gasteiger partial charge in [-0.25, -0.2) is 12.8 Å². The van der Waals surface area contributed by atoms with E-state index in [4.69, 9.17) is 0 Å². The fourth-order valence-electron chi connectivity index (χ4n) is 4.63. The topological polar surface area (TPSA) is 86.8 Å². The average molecular weight is 568 g/mol. The molecular weight excluding hydrogens is 529 g/mol. The molecule has 0 bridgehead atoms. The first-order chi connectivity index (χ1) is 19.0. The van der Waals surface area contributed by atoms with Crippen molar-refractivity contribution in [2.45, 2.75) is 52.6 Å². The Kier molecular flexibility index (Phi) is 10.8. The highest BCUT2D eigenvalue weighted by atomic mass is 32.2. The molecule has 1 N–H and O–H groups in total. The molecule has 3 aromatic carbocycles. The van der Waals surface area contributed by atoms with Crippen LogP contribution in [0.3, 0.4) is 0 Å². The minimum absolute atomic E-state index is 0.0178. The lowest BCUT2D eigenvalue weighted by Crippen LogP contribution is -2.50. The third kappa shape index (κ3) is 8.39. The zero-order valence-electron chi connectivity index (χ0n) is 23.6. The summed E-state index contributed by atoms with van der Waals surface area (Å²) in [6.07, 6.45) is 1.60. The van der Waals surface area contributed by atoms with Gasteiger partial charge in [0, 0.05) is 38.0 Å². The van der Waals surface area contributed by atoms with Gasteiger partial charge in [-0.2, -0.15) is 0 Å². The van der Waals surface area contributed by atoms with Crippen LogP contribution in [0.15, 0.2) is 72.8 Å². The van der Waals surface area contributed by atoms with Gasteiger partial charge < -0.3 is 10.2 Å². The third-order valence-electron chi connectivity index (χ3n) is 6.71. The van der Waals surface area contributed by atoms with Gasteiger partial charge in [-0.1, -0.05) is 60.7 Å².